The van der Waals surface area contributed by atoms with E-state index in [0.717, 1.165) is 23.7 Å². The van der Waals surface area contributed by atoms with Gasteiger partial charge < -0.3 is 9.47 Å². The Labute approximate surface area is 128 Å². The number of benzene rings is 1. The van der Waals surface area contributed by atoms with E-state index in [-0.39, 0.29) is 12.3 Å². The molecule has 0 aromatic heterocycles. The van der Waals surface area contributed by atoms with Crippen LogP contribution in [-0.4, -0.2) is 36.2 Å². The summed E-state index contributed by atoms with van der Waals surface area (Å²) in [7, 11) is 1.64. The molecule has 5 heteroatoms. The summed E-state index contributed by atoms with van der Waals surface area (Å²) in [4.78, 5) is 13.8. The maximum Gasteiger partial charge on any atom is 0.412 e. The molecule has 2 atom stereocenters. The van der Waals surface area contributed by atoms with Gasteiger partial charge in [0.15, 0.2) is 0 Å². The maximum atomic E-state index is 12.1. The van der Waals surface area contributed by atoms with Crippen LogP contribution in [0.15, 0.2) is 30.3 Å². The summed E-state index contributed by atoms with van der Waals surface area (Å²) in [5, 5.41) is 0.945. The van der Waals surface area contributed by atoms with Crippen LogP contribution in [-0.2, 0) is 16.1 Å². The summed E-state index contributed by atoms with van der Waals surface area (Å²) in [6.45, 7) is 1.01. The van der Waals surface area contributed by atoms with Crippen LogP contribution >= 0.6 is 15.9 Å². The molecule has 0 radical (unpaired) electrons. The number of likely N-dealkylation sites (tertiary alicyclic amines) is 1. The molecule has 20 heavy (non-hydrogen) atoms. The Hall–Kier alpha value is -1.07. The van der Waals surface area contributed by atoms with Crippen molar-refractivity contribution in [3.8, 4) is 0 Å². The second-order valence-corrected chi connectivity index (χ2v) is 5.76. The molecule has 1 aliphatic rings. The van der Waals surface area contributed by atoms with E-state index in [2.05, 4.69) is 15.9 Å². The third kappa shape index (κ3) is 3.96. The highest BCUT2D eigenvalue weighted by Crippen LogP contribution is 2.27. The first-order valence-electron chi connectivity index (χ1n) is 6.80. The lowest BCUT2D eigenvalue weighted by Crippen LogP contribution is -2.37. The molecule has 0 spiro atoms. The Morgan fingerprint density at radius 1 is 1.40 bits per heavy atom. The number of alkyl halides is 1. The van der Waals surface area contributed by atoms with Gasteiger partial charge >= 0.3 is 6.09 Å². The predicted octanol–water partition coefficient (Wildman–Crippen LogP) is 3.40. The Morgan fingerprint density at radius 2 is 2.15 bits per heavy atom. The van der Waals surface area contributed by atoms with Gasteiger partial charge in [0, 0.05) is 19.0 Å². The van der Waals surface area contributed by atoms with Crippen molar-refractivity contribution >= 4 is 22.0 Å². The van der Waals surface area contributed by atoms with Crippen molar-refractivity contribution in [3.05, 3.63) is 35.9 Å². The number of ether oxygens (including phenoxy) is 2. The van der Waals surface area contributed by atoms with E-state index in [1.165, 1.54) is 0 Å². The predicted molar refractivity (Wildman–Crippen MR) is 80.6 cm³/mol. The van der Waals surface area contributed by atoms with Crippen LogP contribution in [0.1, 0.15) is 18.4 Å². The molecule has 0 saturated carbocycles. The lowest BCUT2D eigenvalue weighted by Gasteiger charge is -2.22. The lowest BCUT2D eigenvalue weighted by molar-refractivity contribution is -0.00762. The molecule has 2 unspecified atom stereocenters. The molecule has 0 aliphatic carbocycles. The number of halogens is 1. The van der Waals surface area contributed by atoms with Crippen LogP contribution in [0.25, 0.3) is 0 Å². The monoisotopic (exact) mass is 341 g/mol. The molecule has 1 amide bonds. The zero-order chi connectivity index (χ0) is 14.4. The van der Waals surface area contributed by atoms with Crippen molar-refractivity contribution in [2.24, 2.45) is 5.92 Å². The third-order valence-electron chi connectivity index (χ3n) is 3.57. The van der Waals surface area contributed by atoms with Gasteiger partial charge in [-0.3, -0.25) is 4.90 Å². The summed E-state index contributed by atoms with van der Waals surface area (Å²) in [6, 6.07) is 9.70. The van der Waals surface area contributed by atoms with Crippen molar-refractivity contribution in [2.45, 2.75) is 25.7 Å². The first kappa shape index (κ1) is 15.3. The van der Waals surface area contributed by atoms with Gasteiger partial charge in [-0.2, -0.15) is 0 Å². The van der Waals surface area contributed by atoms with Gasteiger partial charge in [0.1, 0.15) is 12.8 Å². The number of hydrogen-bond donors (Lipinski definition) is 0. The first-order valence-corrected chi connectivity index (χ1v) is 7.92. The first-order chi connectivity index (χ1) is 9.74. The summed E-state index contributed by atoms with van der Waals surface area (Å²) in [5.41, 5.74) is 0.992. The molecule has 4 nitrogen and oxygen atoms in total. The SMILES string of the molecule is COC1CC(CCBr)CN1C(=O)OCc1ccccc1. The largest absolute Gasteiger partial charge is 0.444 e. The topological polar surface area (TPSA) is 38.8 Å². The molecule has 1 heterocycles. The van der Waals surface area contributed by atoms with Gasteiger partial charge in [0.2, 0.25) is 0 Å². The van der Waals surface area contributed by atoms with Crippen molar-refractivity contribution in [3.63, 3.8) is 0 Å². The van der Waals surface area contributed by atoms with Crippen molar-refractivity contribution < 1.29 is 14.3 Å². The number of methoxy groups -OCH3 is 1. The summed E-state index contributed by atoms with van der Waals surface area (Å²) in [5.74, 6) is 0.476. The fourth-order valence-electron chi connectivity index (χ4n) is 2.46. The highest BCUT2D eigenvalue weighted by Gasteiger charge is 2.35. The molecule has 1 aliphatic heterocycles. The van der Waals surface area contributed by atoms with E-state index in [9.17, 15) is 4.79 Å². The van der Waals surface area contributed by atoms with Gasteiger partial charge in [-0.15, -0.1) is 0 Å². The van der Waals surface area contributed by atoms with Crippen LogP contribution < -0.4 is 0 Å². The molecular weight excluding hydrogens is 322 g/mol. The summed E-state index contributed by atoms with van der Waals surface area (Å²) >= 11 is 3.44. The third-order valence-corrected chi connectivity index (χ3v) is 4.02. The second kappa shape index (κ2) is 7.64. The van der Waals surface area contributed by atoms with Crippen LogP contribution in [0, 0.1) is 5.92 Å². The number of carbonyl (C=O) groups is 1. The molecule has 0 bridgehead atoms. The van der Waals surface area contributed by atoms with Gasteiger partial charge in [-0.25, -0.2) is 4.79 Å². The highest BCUT2D eigenvalue weighted by atomic mass is 79.9. The van der Waals surface area contributed by atoms with E-state index in [4.69, 9.17) is 9.47 Å². The maximum absolute atomic E-state index is 12.1. The molecule has 110 valence electrons. The minimum absolute atomic E-state index is 0.165. The normalized spacial score (nSPS) is 22.0. The molecule has 1 aromatic carbocycles. The zero-order valence-electron chi connectivity index (χ0n) is 11.6. The van der Waals surface area contributed by atoms with Crippen LogP contribution in [0.2, 0.25) is 0 Å². The molecule has 1 aromatic rings. The second-order valence-electron chi connectivity index (χ2n) is 4.96. The standard InChI is InChI=1S/C15H20BrNO3/c1-19-14-9-13(7-8-16)10-17(14)15(18)20-11-12-5-3-2-4-6-12/h2-6,13-14H,7-11H2,1H3. The van der Waals surface area contributed by atoms with Crippen LogP contribution in [0.5, 0.6) is 0 Å². The van der Waals surface area contributed by atoms with E-state index in [1.807, 2.05) is 30.3 Å². The number of rotatable bonds is 5. The number of carbonyl (C=O) groups excluding carboxylic acids is 1. The van der Waals surface area contributed by atoms with E-state index in [0.29, 0.717) is 19.1 Å². The highest BCUT2D eigenvalue weighted by molar-refractivity contribution is 9.09. The number of nitrogens with zero attached hydrogens (tertiary/aromatic N) is 1. The summed E-state index contributed by atoms with van der Waals surface area (Å²) < 4.78 is 10.7. The van der Waals surface area contributed by atoms with Crippen molar-refractivity contribution in [1.29, 1.82) is 0 Å². The molecule has 1 saturated heterocycles. The molecular formula is C15H20BrNO3. The van der Waals surface area contributed by atoms with Gasteiger partial charge in [-0.05, 0) is 24.3 Å². The van der Waals surface area contributed by atoms with E-state index < -0.39 is 0 Å². The number of amides is 1. The van der Waals surface area contributed by atoms with Gasteiger partial charge in [0.05, 0.1) is 0 Å². The lowest BCUT2D eigenvalue weighted by atomic mass is 10.1. The average molecular weight is 342 g/mol. The van der Waals surface area contributed by atoms with Crippen LogP contribution in [0.3, 0.4) is 0 Å². The average Bonchev–Trinajstić information content (AvgIpc) is 2.89. The van der Waals surface area contributed by atoms with Gasteiger partial charge in [0.25, 0.3) is 0 Å². The van der Waals surface area contributed by atoms with E-state index in [1.54, 1.807) is 12.0 Å². The van der Waals surface area contributed by atoms with Crippen LogP contribution in [0.4, 0.5) is 4.79 Å². The molecule has 0 N–H and O–H groups in total. The molecule has 2 rings (SSSR count). The quantitative estimate of drug-likeness (QED) is 0.770. The Balaban J connectivity index is 1.87. The molecule has 1 fully saturated rings. The Bertz CT molecular complexity index is 426. The smallest absolute Gasteiger partial charge is 0.412 e. The van der Waals surface area contributed by atoms with Gasteiger partial charge in [-0.1, -0.05) is 46.3 Å². The number of hydrogen-bond acceptors (Lipinski definition) is 3. The van der Waals surface area contributed by atoms with Crippen molar-refractivity contribution in [2.75, 3.05) is 19.0 Å². The Morgan fingerprint density at radius 3 is 2.80 bits per heavy atom. The summed E-state index contributed by atoms with van der Waals surface area (Å²) in [6.07, 6.45) is 1.46. The zero-order valence-corrected chi connectivity index (χ0v) is 13.2. The fraction of sp³-hybridized carbons (Fsp3) is 0.533. The van der Waals surface area contributed by atoms with Crippen molar-refractivity contribution in [1.82, 2.24) is 4.90 Å². The minimum Gasteiger partial charge on any atom is -0.444 e. The minimum atomic E-state index is -0.294. The Kier molecular flexibility index (Phi) is 5.86. The van der Waals surface area contributed by atoms with E-state index >= 15 is 0 Å². The fourth-order valence-corrected chi connectivity index (χ4v) is 3.11.